The number of para-hydroxylation sites is 1. The Kier molecular flexibility index (Phi) is 18.1. The molecule has 0 fully saturated rings. The van der Waals surface area contributed by atoms with Gasteiger partial charge in [-0.15, -0.1) is 0 Å². The molecule has 1 aromatic heterocycles. The largest absolute Gasteiger partial charge is 0.508 e. The number of aromatic amines is 1. The maximum atomic E-state index is 13.9. The predicted molar refractivity (Wildman–Crippen MR) is 194 cm³/mol. The molecule has 0 aliphatic heterocycles. The van der Waals surface area contributed by atoms with E-state index in [-0.39, 0.29) is 31.6 Å². The highest BCUT2D eigenvalue weighted by atomic mass is 19.4. The molecule has 55 heavy (non-hydrogen) atoms. The van der Waals surface area contributed by atoms with Crippen LogP contribution >= 0.6 is 0 Å². The summed E-state index contributed by atoms with van der Waals surface area (Å²) in [5.74, 6) is -6.25. The molecule has 16 nitrogen and oxygen atoms in total. The smallest absolute Gasteiger partial charge is 0.490 e. The summed E-state index contributed by atoms with van der Waals surface area (Å²) < 4.78 is 31.7. The zero-order valence-electron chi connectivity index (χ0n) is 30.3. The van der Waals surface area contributed by atoms with E-state index >= 15 is 0 Å². The topological polar surface area (TPSA) is 279 Å². The minimum Gasteiger partial charge on any atom is -0.508 e. The van der Waals surface area contributed by atoms with Gasteiger partial charge in [-0.3, -0.25) is 24.0 Å². The van der Waals surface area contributed by atoms with E-state index in [1.807, 2.05) is 30.5 Å². The van der Waals surface area contributed by atoms with Crippen molar-refractivity contribution in [3.8, 4) is 5.75 Å². The maximum Gasteiger partial charge on any atom is 0.490 e. The number of aliphatic hydroxyl groups is 1. The number of carboxylic acid groups (broad SMARTS) is 1. The second-order valence-corrected chi connectivity index (χ2v) is 12.8. The first-order chi connectivity index (χ1) is 25.8. The van der Waals surface area contributed by atoms with Crippen LogP contribution < -0.4 is 32.7 Å². The molecule has 302 valence electrons. The summed E-state index contributed by atoms with van der Waals surface area (Å²) in [5.41, 5.74) is 13.4. The molecule has 0 aliphatic rings. The van der Waals surface area contributed by atoms with E-state index in [2.05, 4.69) is 26.3 Å². The Hall–Kier alpha value is -5.69. The van der Waals surface area contributed by atoms with Crippen molar-refractivity contribution in [2.75, 3.05) is 13.1 Å². The molecule has 0 unspecified atom stereocenters. The summed E-state index contributed by atoms with van der Waals surface area (Å²) in [6.45, 7) is 2.98. The van der Waals surface area contributed by atoms with Gasteiger partial charge in [-0.2, -0.15) is 13.2 Å². The molecular weight excluding hydrogens is 731 g/mol. The number of unbranched alkanes of at least 4 members (excludes halogenated alkanes) is 1. The molecule has 3 aromatic rings. The van der Waals surface area contributed by atoms with Gasteiger partial charge in [0.2, 0.25) is 29.5 Å². The number of aromatic hydroxyl groups is 1. The fourth-order valence-electron chi connectivity index (χ4n) is 5.46. The van der Waals surface area contributed by atoms with Crippen molar-refractivity contribution >= 4 is 46.4 Å². The predicted octanol–water partition coefficient (Wildman–Crippen LogP) is 0.884. The Balaban J connectivity index is 0.00000136. The van der Waals surface area contributed by atoms with Crippen LogP contribution in [0.15, 0.2) is 54.7 Å². The Morgan fingerprint density at radius 3 is 2.11 bits per heavy atom. The number of halogens is 3. The normalized spacial score (nSPS) is 13.9. The van der Waals surface area contributed by atoms with E-state index in [0.717, 1.165) is 16.5 Å². The molecule has 3 rings (SSSR count). The minimum atomic E-state index is -5.08. The van der Waals surface area contributed by atoms with Crippen LogP contribution in [0, 0.1) is 5.92 Å². The number of hydrogen-bond acceptors (Lipinski definition) is 9. The van der Waals surface area contributed by atoms with Gasteiger partial charge in [-0.25, -0.2) is 4.79 Å². The van der Waals surface area contributed by atoms with Gasteiger partial charge in [0.1, 0.15) is 17.8 Å². The fourth-order valence-corrected chi connectivity index (χ4v) is 5.46. The number of amides is 5. The minimum absolute atomic E-state index is 0.0693. The molecule has 2 aromatic carbocycles. The number of carbonyl (C=O) groups excluding carboxylic acids is 5. The zero-order valence-corrected chi connectivity index (χ0v) is 30.3. The number of alkyl halides is 3. The molecule has 12 N–H and O–H groups in total. The molecule has 0 aliphatic carbocycles. The summed E-state index contributed by atoms with van der Waals surface area (Å²) in [7, 11) is 0. The third kappa shape index (κ3) is 16.1. The number of nitrogens with two attached hydrogens (primary N) is 2. The Labute approximate surface area is 314 Å². The average molecular weight is 780 g/mol. The Morgan fingerprint density at radius 2 is 1.55 bits per heavy atom. The number of rotatable bonds is 19. The van der Waals surface area contributed by atoms with Crippen molar-refractivity contribution in [1.82, 2.24) is 26.3 Å². The molecule has 0 radical (unpaired) electrons. The number of benzene rings is 2. The quantitative estimate of drug-likeness (QED) is 0.0767. The van der Waals surface area contributed by atoms with Crippen LogP contribution in [0.1, 0.15) is 50.7 Å². The van der Waals surface area contributed by atoms with Crippen LogP contribution in [0.5, 0.6) is 5.75 Å². The molecule has 1 heterocycles. The van der Waals surface area contributed by atoms with E-state index in [0.29, 0.717) is 31.4 Å². The first-order valence-corrected chi connectivity index (χ1v) is 17.3. The molecule has 5 atom stereocenters. The molecule has 5 amide bonds. The number of H-pyrrole nitrogens is 1. The lowest BCUT2D eigenvalue weighted by atomic mass is 9.96. The van der Waals surface area contributed by atoms with Gasteiger partial charge in [-0.1, -0.05) is 36.8 Å². The summed E-state index contributed by atoms with van der Waals surface area (Å²) >= 11 is 0. The van der Waals surface area contributed by atoms with Gasteiger partial charge in [-0.05, 0) is 62.1 Å². The number of fused-ring (bicyclic) bond motifs is 1. The first-order valence-electron chi connectivity index (χ1n) is 17.3. The molecular formula is C36H48F3N7O9. The summed E-state index contributed by atoms with van der Waals surface area (Å²) in [6, 6.07) is 11.0. The van der Waals surface area contributed by atoms with Crippen molar-refractivity contribution in [3.05, 3.63) is 65.9 Å². The van der Waals surface area contributed by atoms with Gasteiger partial charge < -0.3 is 53.0 Å². The molecule has 0 bridgehead atoms. The number of hydrogen-bond donors (Lipinski definition) is 10. The van der Waals surface area contributed by atoms with Gasteiger partial charge in [0.25, 0.3) is 0 Å². The van der Waals surface area contributed by atoms with Crippen LogP contribution in [0.25, 0.3) is 10.9 Å². The van der Waals surface area contributed by atoms with Gasteiger partial charge in [0.05, 0.1) is 12.0 Å². The SMILES string of the molecule is CC(=O)N[C@@H](Cc1ccc(O)cc1)C(=O)NC[C@H](Cc1c[nH]c2ccccc12)C(=O)N[C@@H](CCCCN)CC(=O)N[C@H](C(N)=O)[C@@H](C)O.O=C(O)C(F)(F)F. The van der Waals surface area contributed by atoms with Crippen LogP contribution in [0.3, 0.4) is 0 Å². The van der Waals surface area contributed by atoms with E-state index < -0.39 is 71.8 Å². The summed E-state index contributed by atoms with van der Waals surface area (Å²) in [4.78, 5) is 76.0. The van der Waals surface area contributed by atoms with Gasteiger partial charge >= 0.3 is 12.1 Å². The third-order valence-corrected chi connectivity index (χ3v) is 8.24. The number of aliphatic carboxylic acids is 1. The zero-order chi connectivity index (χ0) is 41.3. The fraction of sp³-hybridized carbons (Fsp3) is 0.444. The monoisotopic (exact) mass is 779 g/mol. The van der Waals surface area contributed by atoms with E-state index in [4.69, 9.17) is 21.4 Å². The van der Waals surface area contributed by atoms with E-state index in [1.54, 1.807) is 12.1 Å². The maximum absolute atomic E-state index is 13.9. The number of primary amides is 1. The number of carbonyl (C=O) groups is 6. The second kappa shape index (κ2) is 21.9. The Bertz CT molecular complexity index is 1750. The lowest BCUT2D eigenvalue weighted by Crippen LogP contribution is -2.53. The van der Waals surface area contributed by atoms with Crippen LogP contribution in [0.4, 0.5) is 13.2 Å². The van der Waals surface area contributed by atoms with Crippen LogP contribution in [0.2, 0.25) is 0 Å². The van der Waals surface area contributed by atoms with Crippen LogP contribution in [-0.2, 0) is 41.6 Å². The molecule has 19 heteroatoms. The van der Waals surface area contributed by atoms with Crippen molar-refractivity contribution in [3.63, 3.8) is 0 Å². The molecule has 0 spiro atoms. The second-order valence-electron chi connectivity index (χ2n) is 12.8. The van der Waals surface area contributed by atoms with Gasteiger partial charge in [0.15, 0.2) is 0 Å². The first kappa shape index (κ1) is 45.5. The van der Waals surface area contributed by atoms with Crippen molar-refractivity contribution in [2.45, 2.75) is 82.8 Å². The summed E-state index contributed by atoms with van der Waals surface area (Å²) in [6.07, 6.45) is -2.59. The third-order valence-electron chi connectivity index (χ3n) is 8.24. The Morgan fingerprint density at radius 1 is 0.909 bits per heavy atom. The van der Waals surface area contributed by atoms with Crippen molar-refractivity contribution < 1.29 is 57.3 Å². The number of phenols is 1. The number of carboxylic acids is 1. The molecule has 0 saturated heterocycles. The van der Waals surface area contributed by atoms with Crippen molar-refractivity contribution in [2.24, 2.45) is 17.4 Å². The molecule has 0 saturated carbocycles. The van der Waals surface area contributed by atoms with E-state index in [1.165, 1.54) is 26.0 Å². The number of aromatic nitrogens is 1. The highest BCUT2D eigenvalue weighted by molar-refractivity contribution is 5.89. The van der Waals surface area contributed by atoms with Gasteiger partial charge in [0, 0.05) is 49.5 Å². The average Bonchev–Trinajstić information content (AvgIpc) is 3.51. The van der Waals surface area contributed by atoms with E-state index in [9.17, 15) is 47.4 Å². The lowest BCUT2D eigenvalue weighted by Gasteiger charge is -2.25. The van der Waals surface area contributed by atoms with Crippen LogP contribution in [-0.4, -0.2) is 99.3 Å². The highest BCUT2D eigenvalue weighted by Crippen LogP contribution is 2.22. The summed E-state index contributed by atoms with van der Waals surface area (Å²) in [5, 5.41) is 38.4. The number of phenolic OH excluding ortho intramolecular Hbond substituents is 1. The lowest BCUT2D eigenvalue weighted by molar-refractivity contribution is -0.192. The highest BCUT2D eigenvalue weighted by Gasteiger charge is 2.38. The standard InChI is InChI=1S/C34H47N7O7.C2HF3O2/c1-20(42)31(32(36)46)41-30(45)17-25(7-5-6-14-35)40-33(47)24(16-23-18-37-28-9-4-3-8-27(23)28)19-38-34(48)29(39-21(2)43)15-22-10-12-26(44)13-11-22;3-2(4,5)1(6)7/h3-4,8-13,18,20,24-25,29,31,37,42,44H,5-7,14-17,19,35H2,1-2H3,(H2,36,46)(H,38,48)(H,39,43)(H,40,47)(H,41,45);(H,6,7)/t20-,24+,25+,29+,31+;/m1./s1. The number of nitrogens with one attached hydrogen (secondary N) is 5. The number of aliphatic hydroxyl groups excluding tert-OH is 1. The van der Waals surface area contributed by atoms with Crippen molar-refractivity contribution in [1.29, 1.82) is 0 Å².